The molecule has 1 aromatic carbocycles. The van der Waals surface area contributed by atoms with Crippen LogP contribution in [0.25, 0.3) is 0 Å². The van der Waals surface area contributed by atoms with E-state index in [1.165, 1.54) is 5.56 Å². The molecule has 0 amide bonds. The standard InChI is InChI=1S/C13H21NO/c1-5-9-6-7-11(15)10(8-9)12(14)13(2,3)4/h6-8,12,15H,5,14H2,1-4H3. The summed E-state index contributed by atoms with van der Waals surface area (Å²) in [6, 6.07) is 5.54. The minimum absolute atomic E-state index is 0.0379. The maximum atomic E-state index is 9.78. The van der Waals surface area contributed by atoms with E-state index in [-0.39, 0.29) is 11.5 Å². The third-order valence-corrected chi connectivity index (χ3v) is 2.77. The van der Waals surface area contributed by atoms with E-state index in [4.69, 9.17) is 5.73 Å². The van der Waals surface area contributed by atoms with Gasteiger partial charge in [0.25, 0.3) is 0 Å². The number of aryl methyl sites for hydroxylation is 1. The topological polar surface area (TPSA) is 46.2 Å². The number of hydrogen-bond acceptors (Lipinski definition) is 2. The molecule has 0 spiro atoms. The van der Waals surface area contributed by atoms with Gasteiger partial charge in [-0.1, -0.05) is 39.8 Å². The summed E-state index contributed by atoms with van der Waals surface area (Å²) in [6.07, 6.45) is 0.962. The first-order valence-electron chi connectivity index (χ1n) is 5.43. The number of phenols is 1. The Kier molecular flexibility index (Phi) is 3.40. The third kappa shape index (κ3) is 2.72. The Morgan fingerprint density at radius 2 is 1.93 bits per heavy atom. The van der Waals surface area contributed by atoms with Crippen molar-refractivity contribution in [3.8, 4) is 5.75 Å². The Bertz CT molecular complexity index is 339. The van der Waals surface area contributed by atoms with Gasteiger partial charge in [0.05, 0.1) is 0 Å². The van der Waals surface area contributed by atoms with Gasteiger partial charge in [0.15, 0.2) is 0 Å². The molecule has 84 valence electrons. The Labute approximate surface area is 92.1 Å². The van der Waals surface area contributed by atoms with Gasteiger partial charge in [-0.25, -0.2) is 0 Å². The van der Waals surface area contributed by atoms with Gasteiger partial charge in [-0.3, -0.25) is 0 Å². The van der Waals surface area contributed by atoms with Gasteiger partial charge in [-0.05, 0) is 23.5 Å². The van der Waals surface area contributed by atoms with E-state index in [1.807, 2.05) is 12.1 Å². The zero-order valence-corrected chi connectivity index (χ0v) is 10.0. The van der Waals surface area contributed by atoms with Crippen molar-refractivity contribution in [2.75, 3.05) is 0 Å². The van der Waals surface area contributed by atoms with Crippen LogP contribution in [0.5, 0.6) is 5.75 Å². The Hall–Kier alpha value is -1.02. The lowest BCUT2D eigenvalue weighted by Crippen LogP contribution is -2.26. The number of rotatable bonds is 2. The van der Waals surface area contributed by atoms with Crippen molar-refractivity contribution < 1.29 is 5.11 Å². The smallest absolute Gasteiger partial charge is 0.120 e. The second kappa shape index (κ2) is 4.23. The van der Waals surface area contributed by atoms with Gasteiger partial charge in [-0.2, -0.15) is 0 Å². The van der Waals surface area contributed by atoms with Gasteiger partial charge in [0, 0.05) is 11.6 Å². The fourth-order valence-electron chi connectivity index (χ4n) is 1.54. The SMILES string of the molecule is CCc1ccc(O)c(C(N)C(C)(C)C)c1. The molecule has 0 saturated heterocycles. The highest BCUT2D eigenvalue weighted by Crippen LogP contribution is 2.35. The van der Waals surface area contributed by atoms with Crippen LogP contribution in [0.2, 0.25) is 0 Å². The molecular formula is C13H21NO. The number of benzene rings is 1. The minimum Gasteiger partial charge on any atom is -0.508 e. The molecule has 0 heterocycles. The molecule has 1 aromatic rings. The zero-order valence-electron chi connectivity index (χ0n) is 10.0. The van der Waals surface area contributed by atoms with Crippen LogP contribution < -0.4 is 5.73 Å². The Morgan fingerprint density at radius 1 is 1.33 bits per heavy atom. The van der Waals surface area contributed by atoms with E-state index in [0.717, 1.165) is 12.0 Å². The van der Waals surface area contributed by atoms with Crippen molar-refractivity contribution in [3.05, 3.63) is 29.3 Å². The molecule has 0 aliphatic rings. The van der Waals surface area contributed by atoms with Crippen LogP contribution in [0.4, 0.5) is 0 Å². The molecule has 2 heteroatoms. The van der Waals surface area contributed by atoms with Crippen LogP contribution in [0, 0.1) is 5.41 Å². The molecular weight excluding hydrogens is 186 g/mol. The monoisotopic (exact) mass is 207 g/mol. The lowest BCUT2D eigenvalue weighted by atomic mass is 9.82. The second-order valence-electron chi connectivity index (χ2n) is 5.09. The minimum atomic E-state index is -0.135. The third-order valence-electron chi connectivity index (χ3n) is 2.77. The first-order chi connectivity index (χ1) is 6.86. The van der Waals surface area contributed by atoms with E-state index in [2.05, 4.69) is 27.7 Å². The van der Waals surface area contributed by atoms with Gasteiger partial charge < -0.3 is 10.8 Å². The van der Waals surface area contributed by atoms with Crippen LogP contribution in [0.15, 0.2) is 18.2 Å². The summed E-state index contributed by atoms with van der Waals surface area (Å²) < 4.78 is 0. The molecule has 3 N–H and O–H groups in total. The summed E-state index contributed by atoms with van der Waals surface area (Å²) in [5.41, 5.74) is 8.16. The maximum absolute atomic E-state index is 9.78. The van der Waals surface area contributed by atoms with Gasteiger partial charge in [0.2, 0.25) is 0 Å². The van der Waals surface area contributed by atoms with Crippen LogP contribution in [-0.4, -0.2) is 5.11 Å². The maximum Gasteiger partial charge on any atom is 0.120 e. The first-order valence-corrected chi connectivity index (χ1v) is 5.43. The average Bonchev–Trinajstić information content (AvgIpc) is 2.16. The summed E-state index contributed by atoms with van der Waals surface area (Å²) in [5.74, 6) is 0.301. The van der Waals surface area contributed by atoms with Crippen molar-refractivity contribution in [2.45, 2.75) is 40.2 Å². The summed E-state index contributed by atoms with van der Waals surface area (Å²) in [5, 5.41) is 9.78. The number of aromatic hydroxyl groups is 1. The molecule has 1 atom stereocenters. The van der Waals surface area contributed by atoms with Crippen molar-refractivity contribution >= 4 is 0 Å². The van der Waals surface area contributed by atoms with Crippen LogP contribution in [0.3, 0.4) is 0 Å². The van der Waals surface area contributed by atoms with Crippen LogP contribution in [0.1, 0.15) is 44.9 Å². The molecule has 0 bridgehead atoms. The molecule has 0 fully saturated rings. The van der Waals surface area contributed by atoms with Crippen molar-refractivity contribution in [3.63, 3.8) is 0 Å². The summed E-state index contributed by atoms with van der Waals surface area (Å²) >= 11 is 0. The van der Waals surface area contributed by atoms with E-state index >= 15 is 0 Å². The second-order valence-corrected chi connectivity index (χ2v) is 5.09. The molecule has 0 aliphatic carbocycles. The summed E-state index contributed by atoms with van der Waals surface area (Å²) in [4.78, 5) is 0. The largest absolute Gasteiger partial charge is 0.508 e. The first kappa shape index (κ1) is 12.1. The van der Waals surface area contributed by atoms with Crippen LogP contribution in [-0.2, 0) is 6.42 Å². The van der Waals surface area contributed by atoms with E-state index < -0.39 is 0 Å². The molecule has 0 radical (unpaired) electrons. The Balaban J connectivity index is 3.12. The molecule has 0 aliphatic heterocycles. The summed E-state index contributed by atoms with van der Waals surface area (Å²) in [6.45, 7) is 8.33. The molecule has 1 unspecified atom stereocenters. The fourth-order valence-corrected chi connectivity index (χ4v) is 1.54. The number of phenolic OH excluding ortho intramolecular Hbond substituents is 1. The van der Waals surface area contributed by atoms with Gasteiger partial charge >= 0.3 is 0 Å². The predicted molar refractivity (Wildman–Crippen MR) is 63.9 cm³/mol. The van der Waals surface area contributed by atoms with Crippen molar-refractivity contribution in [2.24, 2.45) is 11.1 Å². The lowest BCUT2D eigenvalue weighted by Gasteiger charge is -2.28. The van der Waals surface area contributed by atoms with Crippen molar-refractivity contribution in [1.29, 1.82) is 0 Å². The molecule has 2 nitrogen and oxygen atoms in total. The zero-order chi connectivity index (χ0) is 11.6. The van der Waals surface area contributed by atoms with Gasteiger partial charge in [0.1, 0.15) is 5.75 Å². The van der Waals surface area contributed by atoms with Crippen molar-refractivity contribution in [1.82, 2.24) is 0 Å². The molecule has 0 aromatic heterocycles. The fraction of sp³-hybridized carbons (Fsp3) is 0.538. The molecule has 0 saturated carbocycles. The van der Waals surface area contributed by atoms with E-state index in [0.29, 0.717) is 5.75 Å². The summed E-state index contributed by atoms with van der Waals surface area (Å²) in [7, 11) is 0. The lowest BCUT2D eigenvalue weighted by molar-refractivity contribution is 0.317. The number of hydrogen-bond donors (Lipinski definition) is 2. The molecule has 15 heavy (non-hydrogen) atoms. The predicted octanol–water partition coefficient (Wildman–Crippen LogP) is 3.00. The Morgan fingerprint density at radius 3 is 2.40 bits per heavy atom. The average molecular weight is 207 g/mol. The highest BCUT2D eigenvalue weighted by molar-refractivity contribution is 5.39. The van der Waals surface area contributed by atoms with Crippen LogP contribution >= 0.6 is 0 Å². The normalized spacial score (nSPS) is 13.9. The molecule has 1 rings (SSSR count). The van der Waals surface area contributed by atoms with E-state index in [9.17, 15) is 5.11 Å². The quantitative estimate of drug-likeness (QED) is 0.783. The van der Waals surface area contributed by atoms with E-state index in [1.54, 1.807) is 6.07 Å². The highest BCUT2D eigenvalue weighted by Gasteiger charge is 2.24. The number of nitrogens with two attached hydrogens (primary N) is 1. The highest BCUT2D eigenvalue weighted by atomic mass is 16.3. The van der Waals surface area contributed by atoms with Gasteiger partial charge in [-0.15, -0.1) is 0 Å².